The van der Waals surface area contributed by atoms with Crippen LogP contribution in [-0.2, 0) is 11.2 Å². The first kappa shape index (κ1) is 12.9. The number of aryl methyl sites for hydroxylation is 1. The number of nitrogens with one attached hydrogen (secondary N) is 1. The molecule has 3 heteroatoms. The molecule has 0 aliphatic heterocycles. The second kappa shape index (κ2) is 7.14. The van der Waals surface area contributed by atoms with E-state index in [0.29, 0.717) is 19.7 Å². The van der Waals surface area contributed by atoms with E-state index in [4.69, 9.17) is 4.74 Å². The molecule has 0 fully saturated rings. The number of carbonyl (C=O) groups excluding carboxylic acids is 1. The van der Waals surface area contributed by atoms with E-state index in [9.17, 15) is 4.79 Å². The predicted octanol–water partition coefficient (Wildman–Crippen LogP) is 1.67. The topological polar surface area (TPSA) is 38.3 Å². The Kier molecular flexibility index (Phi) is 5.75. The maximum atomic E-state index is 11.7. The van der Waals surface area contributed by atoms with Crippen LogP contribution >= 0.6 is 0 Å². The number of benzene rings is 1. The first-order chi connectivity index (χ1) is 7.77. The monoisotopic (exact) mass is 221 g/mol. The van der Waals surface area contributed by atoms with Gasteiger partial charge in [-0.2, -0.15) is 0 Å². The lowest BCUT2D eigenvalue weighted by molar-refractivity contribution is 0.0987. The largest absolute Gasteiger partial charge is 0.383 e. The molecule has 1 aromatic rings. The van der Waals surface area contributed by atoms with Gasteiger partial charge in [-0.25, -0.2) is 0 Å². The van der Waals surface area contributed by atoms with E-state index >= 15 is 0 Å². The van der Waals surface area contributed by atoms with Gasteiger partial charge in [-0.3, -0.25) is 4.79 Å². The second-order valence-electron chi connectivity index (χ2n) is 3.64. The molecule has 1 rings (SSSR count). The molecule has 0 aromatic heterocycles. The van der Waals surface area contributed by atoms with Crippen molar-refractivity contribution in [2.24, 2.45) is 0 Å². The van der Waals surface area contributed by atoms with Crippen LogP contribution in [0.25, 0.3) is 0 Å². The molecule has 0 aliphatic rings. The van der Waals surface area contributed by atoms with Gasteiger partial charge in [-0.05, 0) is 12.0 Å². The molecule has 3 nitrogen and oxygen atoms in total. The van der Waals surface area contributed by atoms with Crippen molar-refractivity contribution < 1.29 is 9.53 Å². The zero-order valence-corrected chi connectivity index (χ0v) is 9.95. The van der Waals surface area contributed by atoms with E-state index in [-0.39, 0.29) is 5.78 Å². The molecule has 0 atom stereocenters. The van der Waals surface area contributed by atoms with Crippen molar-refractivity contribution >= 4 is 5.78 Å². The highest BCUT2D eigenvalue weighted by molar-refractivity contribution is 5.97. The Hall–Kier alpha value is -1.19. The summed E-state index contributed by atoms with van der Waals surface area (Å²) in [7, 11) is 1.65. The highest BCUT2D eigenvalue weighted by atomic mass is 16.5. The molecular weight excluding hydrogens is 202 g/mol. The molecule has 1 aromatic carbocycles. The highest BCUT2D eigenvalue weighted by Gasteiger charge is 2.04. The van der Waals surface area contributed by atoms with Crippen LogP contribution in [0.5, 0.6) is 0 Å². The van der Waals surface area contributed by atoms with Crippen LogP contribution < -0.4 is 5.32 Å². The van der Waals surface area contributed by atoms with Crippen LogP contribution in [0.1, 0.15) is 22.8 Å². The van der Waals surface area contributed by atoms with Gasteiger partial charge in [0.1, 0.15) is 0 Å². The van der Waals surface area contributed by atoms with E-state index in [1.54, 1.807) is 7.11 Å². The van der Waals surface area contributed by atoms with Gasteiger partial charge >= 0.3 is 0 Å². The molecule has 0 saturated heterocycles. The summed E-state index contributed by atoms with van der Waals surface area (Å²) in [5.41, 5.74) is 2.02. The second-order valence-corrected chi connectivity index (χ2v) is 3.64. The molecule has 0 aliphatic carbocycles. The fourth-order valence-electron chi connectivity index (χ4n) is 1.40. The van der Waals surface area contributed by atoms with Gasteiger partial charge in [0.2, 0.25) is 0 Å². The van der Waals surface area contributed by atoms with Gasteiger partial charge in [0, 0.05) is 19.2 Å². The van der Waals surface area contributed by atoms with Crippen molar-refractivity contribution in [1.29, 1.82) is 0 Å². The Morgan fingerprint density at radius 1 is 1.31 bits per heavy atom. The minimum atomic E-state index is 0.124. The van der Waals surface area contributed by atoms with Gasteiger partial charge < -0.3 is 10.1 Å². The molecule has 88 valence electrons. The highest BCUT2D eigenvalue weighted by Crippen LogP contribution is 2.05. The summed E-state index contributed by atoms with van der Waals surface area (Å²) in [6, 6.07) is 7.78. The first-order valence-corrected chi connectivity index (χ1v) is 5.59. The Labute approximate surface area is 96.8 Å². The maximum absolute atomic E-state index is 11.7. The fourth-order valence-corrected chi connectivity index (χ4v) is 1.40. The van der Waals surface area contributed by atoms with Crippen molar-refractivity contribution in [2.45, 2.75) is 13.3 Å². The van der Waals surface area contributed by atoms with E-state index < -0.39 is 0 Å². The van der Waals surface area contributed by atoms with Crippen molar-refractivity contribution in [2.75, 3.05) is 26.8 Å². The summed E-state index contributed by atoms with van der Waals surface area (Å²) < 4.78 is 4.89. The van der Waals surface area contributed by atoms with Crippen molar-refractivity contribution in [3.63, 3.8) is 0 Å². The van der Waals surface area contributed by atoms with Crippen molar-refractivity contribution in [3.8, 4) is 0 Å². The van der Waals surface area contributed by atoms with Crippen LogP contribution in [0, 0.1) is 0 Å². The molecular formula is C13H19NO2. The number of rotatable bonds is 7. The summed E-state index contributed by atoms with van der Waals surface area (Å²) >= 11 is 0. The average molecular weight is 221 g/mol. The Balaban J connectivity index is 2.40. The summed E-state index contributed by atoms with van der Waals surface area (Å²) in [5, 5.41) is 3.04. The number of carbonyl (C=O) groups is 1. The van der Waals surface area contributed by atoms with Crippen LogP contribution in [0.3, 0.4) is 0 Å². The quantitative estimate of drug-likeness (QED) is 0.562. The van der Waals surface area contributed by atoms with Crippen LogP contribution in [-0.4, -0.2) is 32.6 Å². The van der Waals surface area contributed by atoms with Gasteiger partial charge in [0.05, 0.1) is 13.2 Å². The average Bonchev–Trinajstić information content (AvgIpc) is 2.34. The lowest BCUT2D eigenvalue weighted by Crippen LogP contribution is -2.26. The van der Waals surface area contributed by atoms with Crippen molar-refractivity contribution in [1.82, 2.24) is 5.32 Å². The number of ketones is 1. The van der Waals surface area contributed by atoms with E-state index in [1.807, 2.05) is 24.3 Å². The van der Waals surface area contributed by atoms with E-state index in [1.165, 1.54) is 5.56 Å². The van der Waals surface area contributed by atoms with Gasteiger partial charge in [0.15, 0.2) is 5.78 Å². The maximum Gasteiger partial charge on any atom is 0.176 e. The number of hydrogen-bond acceptors (Lipinski definition) is 3. The molecule has 0 bridgehead atoms. The summed E-state index contributed by atoms with van der Waals surface area (Å²) in [5.74, 6) is 0.124. The number of methoxy groups -OCH3 is 1. The molecule has 0 radical (unpaired) electrons. The normalized spacial score (nSPS) is 10.4. The molecule has 1 N–H and O–H groups in total. The first-order valence-electron chi connectivity index (χ1n) is 5.59. The molecule has 0 spiro atoms. The van der Waals surface area contributed by atoms with E-state index in [2.05, 4.69) is 12.2 Å². The van der Waals surface area contributed by atoms with E-state index in [0.717, 1.165) is 12.0 Å². The number of hydrogen-bond donors (Lipinski definition) is 1. The third-order valence-electron chi connectivity index (χ3n) is 2.45. The predicted molar refractivity (Wildman–Crippen MR) is 64.9 cm³/mol. The zero-order chi connectivity index (χ0) is 11.8. The molecule has 0 amide bonds. The Bertz CT molecular complexity index is 319. The molecule has 0 heterocycles. The molecule has 0 unspecified atom stereocenters. The van der Waals surface area contributed by atoms with Gasteiger partial charge in [-0.15, -0.1) is 0 Å². The van der Waals surface area contributed by atoms with Crippen LogP contribution in [0.15, 0.2) is 24.3 Å². The third kappa shape index (κ3) is 4.13. The molecule has 16 heavy (non-hydrogen) atoms. The summed E-state index contributed by atoms with van der Waals surface area (Å²) in [6.45, 7) is 3.80. The van der Waals surface area contributed by atoms with Crippen molar-refractivity contribution in [3.05, 3.63) is 35.4 Å². The SMILES string of the molecule is CCc1ccc(C(=O)CNCCOC)cc1. The van der Waals surface area contributed by atoms with Gasteiger partial charge in [-0.1, -0.05) is 31.2 Å². The third-order valence-corrected chi connectivity index (χ3v) is 2.45. The van der Waals surface area contributed by atoms with Crippen LogP contribution in [0.2, 0.25) is 0 Å². The lowest BCUT2D eigenvalue weighted by Gasteiger charge is -2.04. The minimum Gasteiger partial charge on any atom is -0.383 e. The molecule has 0 saturated carbocycles. The Morgan fingerprint density at radius 3 is 2.56 bits per heavy atom. The van der Waals surface area contributed by atoms with Gasteiger partial charge in [0.25, 0.3) is 0 Å². The fraction of sp³-hybridized carbons (Fsp3) is 0.462. The zero-order valence-electron chi connectivity index (χ0n) is 9.95. The lowest BCUT2D eigenvalue weighted by atomic mass is 10.1. The smallest absolute Gasteiger partial charge is 0.176 e. The van der Waals surface area contributed by atoms with Crippen LogP contribution in [0.4, 0.5) is 0 Å². The Morgan fingerprint density at radius 2 is 2.00 bits per heavy atom. The number of Topliss-reactive ketones (excluding diaryl/α,β-unsaturated/α-hetero) is 1. The summed E-state index contributed by atoms with van der Waals surface area (Å²) in [4.78, 5) is 11.7. The number of ether oxygens (including phenoxy) is 1. The standard InChI is InChI=1S/C13H19NO2/c1-3-11-4-6-12(7-5-11)13(15)10-14-8-9-16-2/h4-7,14H,3,8-10H2,1-2H3. The summed E-state index contributed by atoms with van der Waals surface area (Å²) in [6.07, 6.45) is 1.00. The minimum absolute atomic E-state index is 0.124.